The molecule has 1 unspecified atom stereocenters. The predicted octanol–water partition coefficient (Wildman–Crippen LogP) is 1.65. The number of aromatic hydroxyl groups is 1. The molecule has 0 amide bonds. The first-order valence-electron chi connectivity index (χ1n) is 6.42. The van der Waals surface area contributed by atoms with Crippen molar-refractivity contribution in [2.24, 2.45) is 0 Å². The average molecular weight is 299 g/mol. The molecule has 1 fully saturated rings. The maximum atomic E-state index is 12.5. The molecule has 110 valence electrons. The van der Waals surface area contributed by atoms with E-state index in [0.717, 1.165) is 31.4 Å². The number of hydrogen-bond acceptors (Lipinski definition) is 4. The van der Waals surface area contributed by atoms with Gasteiger partial charge in [0.15, 0.2) is 0 Å². The van der Waals surface area contributed by atoms with Crippen LogP contribution in [0.1, 0.15) is 36.5 Å². The Bertz CT molecular complexity index is 626. The van der Waals surface area contributed by atoms with Crippen molar-refractivity contribution < 1.29 is 23.4 Å². The lowest BCUT2D eigenvalue weighted by molar-refractivity contribution is 0.0693. The second-order valence-electron chi connectivity index (χ2n) is 4.94. The maximum absolute atomic E-state index is 12.5. The van der Waals surface area contributed by atoms with Crippen LogP contribution in [0.15, 0.2) is 23.1 Å². The molecule has 1 atom stereocenters. The van der Waals surface area contributed by atoms with Gasteiger partial charge in [-0.2, -0.15) is 4.31 Å². The highest BCUT2D eigenvalue weighted by molar-refractivity contribution is 7.89. The Balaban J connectivity index is 2.44. The Kier molecular flexibility index (Phi) is 4.01. The SMILES string of the molecule is CC1CCCCN1S(=O)(=O)c1ccc(O)c(C(=O)O)c1. The summed E-state index contributed by atoms with van der Waals surface area (Å²) in [6.07, 6.45) is 2.58. The van der Waals surface area contributed by atoms with Gasteiger partial charge in [0.25, 0.3) is 0 Å². The van der Waals surface area contributed by atoms with Crippen molar-refractivity contribution in [1.29, 1.82) is 0 Å². The molecule has 2 rings (SSSR count). The lowest BCUT2D eigenvalue weighted by atomic mass is 10.1. The highest BCUT2D eigenvalue weighted by Gasteiger charge is 2.31. The van der Waals surface area contributed by atoms with Crippen molar-refractivity contribution >= 4 is 16.0 Å². The van der Waals surface area contributed by atoms with E-state index in [-0.39, 0.29) is 10.9 Å². The zero-order chi connectivity index (χ0) is 14.9. The van der Waals surface area contributed by atoms with Gasteiger partial charge in [0.1, 0.15) is 11.3 Å². The molecule has 0 saturated carbocycles. The first-order valence-corrected chi connectivity index (χ1v) is 7.86. The third-order valence-corrected chi connectivity index (χ3v) is 5.56. The fraction of sp³-hybridized carbons (Fsp3) is 0.462. The number of rotatable bonds is 3. The normalized spacial score (nSPS) is 20.8. The van der Waals surface area contributed by atoms with Crippen molar-refractivity contribution in [1.82, 2.24) is 4.31 Å². The van der Waals surface area contributed by atoms with E-state index in [9.17, 15) is 18.3 Å². The predicted molar refractivity (Wildman–Crippen MR) is 72.3 cm³/mol. The summed E-state index contributed by atoms with van der Waals surface area (Å²) in [6.45, 7) is 2.28. The molecule has 1 saturated heterocycles. The van der Waals surface area contributed by atoms with Crippen LogP contribution in [0.3, 0.4) is 0 Å². The van der Waals surface area contributed by atoms with Gasteiger partial charge in [0.2, 0.25) is 10.0 Å². The number of aromatic carboxylic acids is 1. The number of benzene rings is 1. The van der Waals surface area contributed by atoms with E-state index in [2.05, 4.69) is 0 Å². The molecule has 1 heterocycles. The van der Waals surface area contributed by atoms with Gasteiger partial charge in [-0.05, 0) is 38.0 Å². The van der Waals surface area contributed by atoms with E-state index < -0.39 is 27.3 Å². The van der Waals surface area contributed by atoms with Crippen molar-refractivity contribution in [2.45, 2.75) is 37.1 Å². The second-order valence-corrected chi connectivity index (χ2v) is 6.84. The molecule has 20 heavy (non-hydrogen) atoms. The van der Waals surface area contributed by atoms with Crippen molar-refractivity contribution in [2.75, 3.05) is 6.54 Å². The van der Waals surface area contributed by atoms with Gasteiger partial charge < -0.3 is 10.2 Å². The number of phenols is 1. The minimum Gasteiger partial charge on any atom is -0.507 e. The number of hydrogen-bond donors (Lipinski definition) is 2. The molecule has 1 aliphatic heterocycles. The summed E-state index contributed by atoms with van der Waals surface area (Å²) in [5.74, 6) is -1.80. The molecule has 0 spiro atoms. The third-order valence-electron chi connectivity index (χ3n) is 3.55. The summed E-state index contributed by atoms with van der Waals surface area (Å²) in [5.41, 5.74) is -0.407. The van der Waals surface area contributed by atoms with Crippen LogP contribution in [0.5, 0.6) is 5.75 Å². The van der Waals surface area contributed by atoms with Crippen LogP contribution in [0.4, 0.5) is 0 Å². The topological polar surface area (TPSA) is 94.9 Å². The van der Waals surface area contributed by atoms with Gasteiger partial charge in [-0.15, -0.1) is 0 Å². The van der Waals surface area contributed by atoms with Gasteiger partial charge in [0, 0.05) is 12.6 Å². The summed E-state index contributed by atoms with van der Waals surface area (Å²) in [6, 6.07) is 3.24. The number of sulfonamides is 1. The van der Waals surface area contributed by atoms with Gasteiger partial charge in [-0.1, -0.05) is 6.42 Å². The molecule has 1 aliphatic rings. The number of carboxylic acids is 1. The number of piperidine rings is 1. The van der Waals surface area contributed by atoms with E-state index in [1.807, 2.05) is 6.92 Å². The zero-order valence-corrected chi connectivity index (χ0v) is 11.9. The highest BCUT2D eigenvalue weighted by atomic mass is 32.2. The third kappa shape index (κ3) is 2.64. The largest absolute Gasteiger partial charge is 0.507 e. The first kappa shape index (κ1) is 14.8. The van der Waals surface area contributed by atoms with Gasteiger partial charge in [0.05, 0.1) is 4.90 Å². The summed E-state index contributed by atoms with van der Waals surface area (Å²) < 4.78 is 26.5. The molecule has 0 radical (unpaired) electrons. The maximum Gasteiger partial charge on any atom is 0.339 e. The van der Waals surface area contributed by atoms with Gasteiger partial charge >= 0.3 is 5.97 Å². The monoisotopic (exact) mass is 299 g/mol. The molecule has 2 N–H and O–H groups in total. The molecule has 6 nitrogen and oxygen atoms in total. The van der Waals surface area contributed by atoms with E-state index in [0.29, 0.717) is 6.54 Å². The fourth-order valence-corrected chi connectivity index (χ4v) is 4.14. The van der Waals surface area contributed by atoms with Gasteiger partial charge in [-0.25, -0.2) is 13.2 Å². The molecule has 0 aromatic heterocycles. The van der Waals surface area contributed by atoms with Crippen LogP contribution in [0.25, 0.3) is 0 Å². The molecular weight excluding hydrogens is 282 g/mol. The smallest absolute Gasteiger partial charge is 0.339 e. The summed E-state index contributed by atoms with van der Waals surface area (Å²) in [5, 5.41) is 18.4. The van der Waals surface area contributed by atoms with Gasteiger partial charge in [-0.3, -0.25) is 0 Å². The highest BCUT2D eigenvalue weighted by Crippen LogP contribution is 2.28. The van der Waals surface area contributed by atoms with E-state index in [1.54, 1.807) is 0 Å². The summed E-state index contributed by atoms with van der Waals surface area (Å²) in [4.78, 5) is 10.9. The fourth-order valence-electron chi connectivity index (χ4n) is 2.41. The van der Waals surface area contributed by atoms with Crippen LogP contribution in [-0.2, 0) is 10.0 Å². The molecule has 0 bridgehead atoms. The lowest BCUT2D eigenvalue weighted by Gasteiger charge is -2.32. The van der Waals surface area contributed by atoms with E-state index in [1.165, 1.54) is 10.4 Å². The Labute approximate surface area is 117 Å². The minimum absolute atomic E-state index is 0.0959. The Hall–Kier alpha value is -1.60. The molecule has 0 aliphatic carbocycles. The summed E-state index contributed by atoms with van der Waals surface area (Å²) >= 11 is 0. The number of nitrogens with zero attached hydrogens (tertiary/aromatic N) is 1. The summed E-state index contributed by atoms with van der Waals surface area (Å²) in [7, 11) is -3.73. The second kappa shape index (κ2) is 5.41. The molecule has 7 heteroatoms. The van der Waals surface area contributed by atoms with Crippen LogP contribution >= 0.6 is 0 Å². The van der Waals surface area contributed by atoms with Crippen LogP contribution in [-0.4, -0.2) is 41.5 Å². The van der Waals surface area contributed by atoms with Crippen LogP contribution in [0, 0.1) is 0 Å². The Morgan fingerprint density at radius 1 is 1.35 bits per heavy atom. The Morgan fingerprint density at radius 3 is 2.65 bits per heavy atom. The molecule has 1 aromatic carbocycles. The Morgan fingerprint density at radius 2 is 2.05 bits per heavy atom. The van der Waals surface area contributed by atoms with Crippen LogP contribution in [0.2, 0.25) is 0 Å². The quantitative estimate of drug-likeness (QED) is 0.885. The molecule has 1 aromatic rings. The lowest BCUT2D eigenvalue weighted by Crippen LogP contribution is -2.41. The van der Waals surface area contributed by atoms with Crippen molar-refractivity contribution in [3.8, 4) is 5.75 Å². The molecular formula is C13H17NO5S. The van der Waals surface area contributed by atoms with Crippen LogP contribution < -0.4 is 0 Å². The van der Waals surface area contributed by atoms with Crippen molar-refractivity contribution in [3.05, 3.63) is 23.8 Å². The number of carbonyl (C=O) groups is 1. The standard InChI is InChI=1S/C13H17NO5S/c1-9-4-2-3-7-14(9)20(18,19)10-5-6-12(15)11(8-10)13(16)17/h5-6,8-9,15H,2-4,7H2,1H3,(H,16,17). The minimum atomic E-state index is -3.73. The first-order chi connectivity index (χ1) is 9.34. The average Bonchev–Trinajstić information content (AvgIpc) is 2.38. The zero-order valence-electron chi connectivity index (χ0n) is 11.1. The van der Waals surface area contributed by atoms with Crippen molar-refractivity contribution in [3.63, 3.8) is 0 Å². The number of carboxylic acid groups (broad SMARTS) is 1. The van der Waals surface area contributed by atoms with E-state index in [4.69, 9.17) is 5.11 Å². The van der Waals surface area contributed by atoms with E-state index >= 15 is 0 Å².